The van der Waals surface area contributed by atoms with Gasteiger partial charge in [-0.1, -0.05) is 19.4 Å². The number of ketones is 2. The molecule has 4 nitrogen and oxygen atoms in total. The predicted octanol–water partition coefficient (Wildman–Crippen LogP) is 4.81. The van der Waals surface area contributed by atoms with Crippen molar-refractivity contribution in [3.63, 3.8) is 0 Å². The molecule has 5 heteroatoms. The van der Waals surface area contributed by atoms with Gasteiger partial charge in [-0.2, -0.15) is 5.26 Å². The zero-order valence-corrected chi connectivity index (χ0v) is 18.9. The highest BCUT2D eigenvalue weighted by Crippen LogP contribution is 2.67. The Bertz CT molecular complexity index is 806. The van der Waals surface area contributed by atoms with Gasteiger partial charge in [0.1, 0.15) is 11.4 Å². The van der Waals surface area contributed by atoms with Crippen LogP contribution in [0.15, 0.2) is 11.6 Å². The van der Waals surface area contributed by atoms with E-state index in [0.717, 1.165) is 32.1 Å². The molecule has 4 aliphatic rings. The fourth-order valence-electron chi connectivity index (χ4n) is 7.27. The molecule has 0 N–H and O–H groups in total. The van der Waals surface area contributed by atoms with Crippen molar-refractivity contribution >= 4 is 19.9 Å². The van der Waals surface area contributed by atoms with Gasteiger partial charge in [-0.3, -0.25) is 9.59 Å². The first-order valence-electron chi connectivity index (χ1n) is 10.8. The fourth-order valence-corrected chi connectivity index (χ4v) is 8.69. The minimum Gasteiger partial charge on any atom is -0.399 e. The second-order valence-electron chi connectivity index (χ2n) is 11.1. The minimum atomic E-state index is -1.94. The van der Waals surface area contributed by atoms with E-state index in [-0.39, 0.29) is 17.1 Å². The lowest BCUT2D eigenvalue weighted by molar-refractivity contribution is -0.152. The lowest BCUT2D eigenvalue weighted by Gasteiger charge is -2.58. The number of carbonyl (C=O) groups excluding carboxylic acids is 2. The molecule has 4 aliphatic carbocycles. The standard InChI is InChI=1S/C23H33NO3Si/c1-21-10-8-16(25)12-15(21)6-7-17-18-9-11-23(14-24,27-28(3,4)5)22(18,2)13-19(26)20(17)21/h12,17-18,20H,6-11,13H2,1-5H3. The summed E-state index contributed by atoms with van der Waals surface area (Å²) in [6.45, 7) is 10.8. The summed E-state index contributed by atoms with van der Waals surface area (Å²) in [5.74, 6) is 1.17. The number of fused-ring (bicyclic) bond motifs is 5. The molecule has 4 rings (SSSR count). The number of rotatable bonds is 2. The highest BCUT2D eigenvalue weighted by Gasteiger charge is 2.68. The highest BCUT2D eigenvalue weighted by atomic mass is 28.4. The van der Waals surface area contributed by atoms with Crippen molar-refractivity contribution in [2.24, 2.45) is 28.6 Å². The van der Waals surface area contributed by atoms with Crippen LogP contribution in [0.25, 0.3) is 0 Å². The van der Waals surface area contributed by atoms with Crippen molar-refractivity contribution in [3.8, 4) is 6.07 Å². The van der Waals surface area contributed by atoms with Gasteiger partial charge in [0.25, 0.3) is 0 Å². The number of hydrogen-bond acceptors (Lipinski definition) is 4. The summed E-state index contributed by atoms with van der Waals surface area (Å²) in [4.78, 5) is 25.6. The topological polar surface area (TPSA) is 67.2 Å². The summed E-state index contributed by atoms with van der Waals surface area (Å²) >= 11 is 0. The van der Waals surface area contributed by atoms with Crippen LogP contribution in [0, 0.1) is 39.9 Å². The van der Waals surface area contributed by atoms with Gasteiger partial charge >= 0.3 is 0 Å². The third-order valence-corrected chi connectivity index (χ3v) is 9.40. The van der Waals surface area contributed by atoms with Crippen LogP contribution in [-0.2, 0) is 14.0 Å². The van der Waals surface area contributed by atoms with Gasteiger partial charge in [0.05, 0.1) is 6.07 Å². The highest BCUT2D eigenvalue weighted by molar-refractivity contribution is 6.69. The van der Waals surface area contributed by atoms with Gasteiger partial charge in [-0.05, 0) is 75.1 Å². The first kappa shape index (κ1) is 20.0. The number of hydrogen-bond donors (Lipinski definition) is 0. The molecular formula is C23H33NO3Si. The fraction of sp³-hybridized carbons (Fsp3) is 0.783. The molecule has 0 radical (unpaired) electrons. The Morgan fingerprint density at radius 1 is 1.14 bits per heavy atom. The van der Waals surface area contributed by atoms with Crippen molar-refractivity contribution in [2.75, 3.05) is 0 Å². The van der Waals surface area contributed by atoms with E-state index in [1.807, 2.05) is 6.08 Å². The maximum Gasteiger partial charge on any atom is 0.185 e. The number of nitriles is 1. The monoisotopic (exact) mass is 399 g/mol. The van der Waals surface area contributed by atoms with E-state index in [1.165, 1.54) is 5.57 Å². The van der Waals surface area contributed by atoms with E-state index < -0.39 is 19.3 Å². The average Bonchev–Trinajstić information content (AvgIpc) is 2.86. The molecule has 0 saturated heterocycles. The normalized spacial score (nSPS) is 45.6. The molecule has 0 aromatic rings. The second kappa shape index (κ2) is 6.12. The van der Waals surface area contributed by atoms with Crippen molar-refractivity contribution in [2.45, 2.75) is 84.0 Å². The Balaban J connectivity index is 1.74. The van der Waals surface area contributed by atoms with Crippen LogP contribution >= 0.6 is 0 Å². The Morgan fingerprint density at radius 3 is 2.50 bits per heavy atom. The van der Waals surface area contributed by atoms with Gasteiger partial charge in [-0.25, -0.2) is 0 Å². The Labute approximate surface area is 169 Å². The summed E-state index contributed by atoms with van der Waals surface area (Å²) < 4.78 is 6.55. The molecule has 6 unspecified atom stereocenters. The smallest absolute Gasteiger partial charge is 0.185 e. The van der Waals surface area contributed by atoms with E-state index in [4.69, 9.17) is 4.43 Å². The number of Topliss-reactive ketones (excluding diaryl/α,β-unsaturated/α-hetero) is 1. The average molecular weight is 400 g/mol. The van der Waals surface area contributed by atoms with E-state index >= 15 is 0 Å². The molecule has 0 aromatic heterocycles. The number of carbonyl (C=O) groups is 2. The van der Waals surface area contributed by atoms with E-state index in [9.17, 15) is 14.9 Å². The van der Waals surface area contributed by atoms with Crippen LogP contribution in [0.5, 0.6) is 0 Å². The van der Waals surface area contributed by atoms with E-state index in [0.29, 0.717) is 30.5 Å². The summed E-state index contributed by atoms with van der Waals surface area (Å²) in [5.41, 5.74) is -0.206. The zero-order valence-electron chi connectivity index (χ0n) is 17.9. The molecule has 3 fully saturated rings. The molecule has 6 atom stereocenters. The van der Waals surface area contributed by atoms with E-state index in [1.54, 1.807) is 0 Å². The molecule has 152 valence electrons. The van der Waals surface area contributed by atoms with Gasteiger partial charge in [-0.15, -0.1) is 0 Å². The number of nitrogens with zero attached hydrogens (tertiary/aromatic N) is 1. The van der Waals surface area contributed by atoms with E-state index in [2.05, 4.69) is 39.6 Å². The van der Waals surface area contributed by atoms with Crippen LogP contribution in [0.4, 0.5) is 0 Å². The quantitative estimate of drug-likeness (QED) is 0.625. The third-order valence-electron chi connectivity index (χ3n) is 8.44. The second-order valence-corrected chi connectivity index (χ2v) is 15.5. The lowest BCUT2D eigenvalue weighted by Crippen LogP contribution is -2.60. The van der Waals surface area contributed by atoms with Crippen molar-refractivity contribution in [1.82, 2.24) is 0 Å². The molecule has 3 saturated carbocycles. The first-order chi connectivity index (χ1) is 13.0. The summed E-state index contributed by atoms with van der Waals surface area (Å²) in [6.07, 6.45) is 7.21. The summed E-state index contributed by atoms with van der Waals surface area (Å²) in [6, 6.07) is 2.57. The van der Waals surface area contributed by atoms with Gasteiger partial charge in [0, 0.05) is 24.2 Å². The maximum absolute atomic E-state index is 13.6. The summed E-state index contributed by atoms with van der Waals surface area (Å²) in [5, 5.41) is 10.2. The Morgan fingerprint density at radius 2 is 1.86 bits per heavy atom. The maximum atomic E-state index is 13.6. The molecule has 0 heterocycles. The summed E-state index contributed by atoms with van der Waals surface area (Å²) in [7, 11) is -1.94. The molecule has 0 aliphatic heterocycles. The minimum absolute atomic E-state index is 0.0000458. The molecule has 0 aromatic carbocycles. The van der Waals surface area contributed by atoms with Crippen LogP contribution in [0.2, 0.25) is 19.6 Å². The van der Waals surface area contributed by atoms with Gasteiger partial charge < -0.3 is 4.43 Å². The third kappa shape index (κ3) is 2.64. The van der Waals surface area contributed by atoms with Crippen molar-refractivity contribution < 1.29 is 14.0 Å². The zero-order chi connectivity index (χ0) is 20.5. The Kier molecular flexibility index (Phi) is 4.38. The van der Waals surface area contributed by atoms with Crippen molar-refractivity contribution in [3.05, 3.63) is 11.6 Å². The van der Waals surface area contributed by atoms with Gasteiger partial charge in [0.2, 0.25) is 0 Å². The Hall–Kier alpha value is -1.25. The molecule has 28 heavy (non-hydrogen) atoms. The SMILES string of the molecule is CC12CCC(=O)C=C1CCC1C2C(=O)CC2(C)C1CCC2(C#N)O[Si](C)(C)C. The molecular weight excluding hydrogens is 366 g/mol. The molecule has 0 bridgehead atoms. The van der Waals surface area contributed by atoms with Crippen LogP contribution in [-0.4, -0.2) is 25.5 Å². The van der Waals surface area contributed by atoms with Crippen LogP contribution in [0.1, 0.15) is 58.8 Å². The van der Waals surface area contributed by atoms with Crippen molar-refractivity contribution in [1.29, 1.82) is 5.26 Å². The predicted molar refractivity (Wildman–Crippen MR) is 110 cm³/mol. The van der Waals surface area contributed by atoms with Crippen LogP contribution in [0.3, 0.4) is 0 Å². The molecule has 0 spiro atoms. The van der Waals surface area contributed by atoms with Gasteiger partial charge in [0.15, 0.2) is 14.1 Å². The number of allylic oxidation sites excluding steroid dienone is 1. The lowest BCUT2D eigenvalue weighted by atomic mass is 9.46. The molecule has 0 amide bonds. The van der Waals surface area contributed by atoms with Crippen LogP contribution < -0.4 is 0 Å². The largest absolute Gasteiger partial charge is 0.399 e. The first-order valence-corrected chi connectivity index (χ1v) is 14.2.